The monoisotopic (exact) mass is 197 g/mol. The van der Waals surface area contributed by atoms with Crippen LogP contribution in [0.4, 0.5) is 10.1 Å². The molecule has 14 heavy (non-hydrogen) atoms. The second-order valence-corrected chi connectivity index (χ2v) is 3.30. The fourth-order valence-corrected chi connectivity index (χ4v) is 1.21. The highest BCUT2D eigenvalue weighted by atomic mass is 19.1. The molecule has 5 heteroatoms. The molecule has 1 aromatic heterocycles. The highest BCUT2D eigenvalue weighted by Gasteiger charge is 2.16. The molecule has 2 rings (SSSR count). The summed E-state index contributed by atoms with van der Waals surface area (Å²) in [7, 11) is 0. The SMILES string of the molecule is Nc1cc(OC[C@H]2CCN2)cnc1F. The summed E-state index contributed by atoms with van der Waals surface area (Å²) in [6, 6.07) is 1.85. The molecule has 1 aromatic rings. The number of ether oxygens (including phenoxy) is 1. The Labute approximate surface area is 81.3 Å². The maximum atomic E-state index is 12.7. The van der Waals surface area contributed by atoms with Gasteiger partial charge in [-0.05, 0) is 13.0 Å². The van der Waals surface area contributed by atoms with Gasteiger partial charge in [0, 0.05) is 12.1 Å². The Morgan fingerprint density at radius 1 is 1.71 bits per heavy atom. The summed E-state index contributed by atoms with van der Waals surface area (Å²) in [6.07, 6.45) is 2.45. The maximum Gasteiger partial charge on any atom is 0.236 e. The standard InChI is InChI=1S/C9H12FN3O/c10-9-8(11)3-7(4-13-9)14-5-6-1-2-12-6/h3-4,6,12H,1-2,5,11H2/t6-/m1/s1. The van der Waals surface area contributed by atoms with Crippen molar-refractivity contribution < 1.29 is 9.13 Å². The van der Waals surface area contributed by atoms with Crippen molar-refractivity contribution in [3.05, 3.63) is 18.2 Å². The molecule has 0 aromatic carbocycles. The first-order valence-electron chi connectivity index (χ1n) is 4.53. The largest absolute Gasteiger partial charge is 0.490 e. The van der Waals surface area contributed by atoms with Crippen molar-refractivity contribution >= 4 is 5.69 Å². The fraction of sp³-hybridized carbons (Fsp3) is 0.444. The minimum Gasteiger partial charge on any atom is -0.490 e. The van der Waals surface area contributed by atoms with Gasteiger partial charge in [0.15, 0.2) is 0 Å². The molecular weight excluding hydrogens is 185 g/mol. The first kappa shape index (κ1) is 9.21. The molecule has 1 atom stereocenters. The molecule has 0 unspecified atom stereocenters. The number of nitrogens with one attached hydrogen (secondary N) is 1. The first-order chi connectivity index (χ1) is 6.75. The molecule has 1 aliphatic heterocycles. The average Bonchev–Trinajstić information content (AvgIpc) is 2.08. The van der Waals surface area contributed by atoms with Crippen molar-refractivity contribution in [1.29, 1.82) is 0 Å². The summed E-state index contributed by atoms with van der Waals surface area (Å²) in [5.74, 6) is -0.142. The lowest BCUT2D eigenvalue weighted by Gasteiger charge is -2.27. The number of nitrogens with zero attached hydrogens (tertiary/aromatic N) is 1. The van der Waals surface area contributed by atoms with Crippen LogP contribution < -0.4 is 15.8 Å². The summed E-state index contributed by atoms with van der Waals surface area (Å²) in [6.45, 7) is 1.62. The molecule has 76 valence electrons. The minimum absolute atomic E-state index is 0.0177. The van der Waals surface area contributed by atoms with E-state index in [0.29, 0.717) is 18.4 Å². The van der Waals surface area contributed by atoms with Gasteiger partial charge in [0.25, 0.3) is 0 Å². The Kier molecular flexibility index (Phi) is 2.49. The van der Waals surface area contributed by atoms with Crippen molar-refractivity contribution in [3.8, 4) is 5.75 Å². The highest BCUT2D eigenvalue weighted by Crippen LogP contribution is 2.16. The molecule has 3 N–H and O–H groups in total. The quantitative estimate of drug-likeness (QED) is 0.694. The van der Waals surface area contributed by atoms with E-state index in [2.05, 4.69) is 10.3 Å². The molecule has 2 heterocycles. The second kappa shape index (κ2) is 3.79. The lowest BCUT2D eigenvalue weighted by atomic mass is 10.1. The molecule has 0 bridgehead atoms. The average molecular weight is 197 g/mol. The predicted molar refractivity (Wildman–Crippen MR) is 50.5 cm³/mol. The van der Waals surface area contributed by atoms with Gasteiger partial charge in [-0.1, -0.05) is 0 Å². The highest BCUT2D eigenvalue weighted by molar-refractivity contribution is 5.41. The number of aromatic nitrogens is 1. The third-order valence-electron chi connectivity index (χ3n) is 2.22. The van der Waals surface area contributed by atoms with Crippen LogP contribution in [0.2, 0.25) is 0 Å². The number of nitrogen functional groups attached to an aromatic ring is 1. The van der Waals surface area contributed by atoms with E-state index < -0.39 is 5.95 Å². The number of hydrogen-bond donors (Lipinski definition) is 2. The van der Waals surface area contributed by atoms with Crippen LogP contribution in [0.1, 0.15) is 6.42 Å². The molecule has 0 amide bonds. The molecule has 0 saturated carbocycles. The van der Waals surface area contributed by atoms with Gasteiger partial charge in [-0.25, -0.2) is 4.98 Å². The number of hydrogen-bond acceptors (Lipinski definition) is 4. The van der Waals surface area contributed by atoms with E-state index in [9.17, 15) is 4.39 Å². The fourth-order valence-electron chi connectivity index (χ4n) is 1.21. The third kappa shape index (κ3) is 1.93. The number of nitrogens with two attached hydrogens (primary N) is 1. The van der Waals surface area contributed by atoms with E-state index in [4.69, 9.17) is 10.5 Å². The van der Waals surface area contributed by atoms with Crippen LogP contribution in [0.3, 0.4) is 0 Å². The number of halogens is 1. The predicted octanol–water partition coefficient (Wildman–Crippen LogP) is 0.544. The van der Waals surface area contributed by atoms with E-state index in [1.807, 2.05) is 0 Å². The number of rotatable bonds is 3. The zero-order valence-corrected chi connectivity index (χ0v) is 7.66. The van der Waals surface area contributed by atoms with Crippen molar-refractivity contribution in [2.75, 3.05) is 18.9 Å². The van der Waals surface area contributed by atoms with E-state index in [1.54, 1.807) is 0 Å². The lowest BCUT2D eigenvalue weighted by molar-refractivity contribution is 0.216. The van der Waals surface area contributed by atoms with Crippen molar-refractivity contribution in [2.24, 2.45) is 0 Å². The Balaban J connectivity index is 1.91. The van der Waals surface area contributed by atoms with Crippen LogP contribution in [0.5, 0.6) is 5.75 Å². The summed E-state index contributed by atoms with van der Waals surface area (Å²) >= 11 is 0. The van der Waals surface area contributed by atoms with Gasteiger partial charge in [0.2, 0.25) is 5.95 Å². The van der Waals surface area contributed by atoms with Crippen LogP contribution in [0, 0.1) is 5.95 Å². The maximum absolute atomic E-state index is 12.7. The second-order valence-electron chi connectivity index (χ2n) is 3.30. The van der Waals surface area contributed by atoms with E-state index in [1.165, 1.54) is 12.3 Å². The number of anilines is 1. The Hall–Kier alpha value is -1.36. The molecule has 0 radical (unpaired) electrons. The van der Waals surface area contributed by atoms with Crippen LogP contribution in [-0.4, -0.2) is 24.2 Å². The molecule has 1 fully saturated rings. The summed E-state index contributed by atoms with van der Waals surface area (Å²) in [4.78, 5) is 3.46. The minimum atomic E-state index is -0.654. The normalized spacial score (nSPS) is 20.2. The first-order valence-corrected chi connectivity index (χ1v) is 4.53. The smallest absolute Gasteiger partial charge is 0.236 e. The zero-order chi connectivity index (χ0) is 9.97. The zero-order valence-electron chi connectivity index (χ0n) is 7.66. The van der Waals surface area contributed by atoms with Gasteiger partial charge in [-0.15, -0.1) is 0 Å². The van der Waals surface area contributed by atoms with Gasteiger partial charge in [-0.2, -0.15) is 4.39 Å². The molecule has 1 saturated heterocycles. The topological polar surface area (TPSA) is 60.2 Å². The van der Waals surface area contributed by atoms with E-state index >= 15 is 0 Å². The van der Waals surface area contributed by atoms with Gasteiger partial charge in [-0.3, -0.25) is 0 Å². The van der Waals surface area contributed by atoms with Crippen LogP contribution in [-0.2, 0) is 0 Å². The Morgan fingerprint density at radius 3 is 3.07 bits per heavy atom. The van der Waals surface area contributed by atoms with E-state index in [-0.39, 0.29) is 5.69 Å². The Bertz CT molecular complexity index is 328. The van der Waals surface area contributed by atoms with Crippen LogP contribution in [0.25, 0.3) is 0 Å². The molecular formula is C9H12FN3O. The van der Waals surface area contributed by atoms with Crippen molar-refractivity contribution in [2.45, 2.75) is 12.5 Å². The van der Waals surface area contributed by atoms with Crippen molar-refractivity contribution in [1.82, 2.24) is 10.3 Å². The van der Waals surface area contributed by atoms with Crippen LogP contribution >= 0.6 is 0 Å². The van der Waals surface area contributed by atoms with E-state index in [0.717, 1.165) is 13.0 Å². The summed E-state index contributed by atoms with van der Waals surface area (Å²) in [5.41, 5.74) is 5.36. The third-order valence-corrected chi connectivity index (χ3v) is 2.22. The Morgan fingerprint density at radius 2 is 2.50 bits per heavy atom. The molecule has 4 nitrogen and oxygen atoms in total. The summed E-state index contributed by atoms with van der Waals surface area (Å²) in [5, 5.41) is 3.19. The van der Waals surface area contributed by atoms with Gasteiger partial charge in [0.1, 0.15) is 12.4 Å². The van der Waals surface area contributed by atoms with Crippen molar-refractivity contribution in [3.63, 3.8) is 0 Å². The van der Waals surface area contributed by atoms with Gasteiger partial charge >= 0.3 is 0 Å². The van der Waals surface area contributed by atoms with Crippen LogP contribution in [0.15, 0.2) is 12.3 Å². The molecule has 0 aliphatic carbocycles. The molecule has 1 aliphatic rings. The lowest BCUT2D eigenvalue weighted by Crippen LogP contribution is -2.46. The number of pyridine rings is 1. The van der Waals surface area contributed by atoms with Gasteiger partial charge < -0.3 is 15.8 Å². The molecule has 0 spiro atoms. The van der Waals surface area contributed by atoms with Gasteiger partial charge in [0.05, 0.1) is 11.9 Å². The summed E-state index contributed by atoms with van der Waals surface area (Å²) < 4.78 is 18.0.